The molecule has 0 radical (unpaired) electrons. The Morgan fingerprint density at radius 1 is 1.41 bits per heavy atom. The summed E-state index contributed by atoms with van der Waals surface area (Å²) in [5.74, 6) is 0.347. The Labute approximate surface area is 103 Å². The Bertz CT molecular complexity index is 442. The first-order chi connectivity index (χ1) is 7.92. The van der Waals surface area contributed by atoms with Crippen LogP contribution in [0.1, 0.15) is 19.8 Å². The minimum absolute atomic E-state index is 0.347. The molecule has 0 unspecified atom stereocenters. The van der Waals surface area contributed by atoms with Crippen LogP contribution in [0.4, 0.5) is 11.5 Å². The maximum Gasteiger partial charge on any atom is 0.230 e. The van der Waals surface area contributed by atoms with Crippen molar-refractivity contribution in [3.8, 4) is 0 Å². The van der Waals surface area contributed by atoms with Gasteiger partial charge in [-0.15, -0.1) is 0 Å². The predicted octanol–water partition coefficient (Wildman–Crippen LogP) is 1.69. The normalized spacial score (nSPS) is 11.2. The molecule has 1 aromatic rings. The summed E-state index contributed by atoms with van der Waals surface area (Å²) < 4.78 is 24.3. The van der Waals surface area contributed by atoms with Crippen LogP contribution in [0.5, 0.6) is 0 Å². The molecule has 0 bridgehead atoms. The molecule has 5 nitrogen and oxygen atoms in total. The Balaban J connectivity index is 2.67. The van der Waals surface area contributed by atoms with Crippen LogP contribution in [0.3, 0.4) is 0 Å². The third kappa shape index (κ3) is 5.04. The van der Waals surface area contributed by atoms with Crippen molar-refractivity contribution >= 4 is 21.5 Å². The first kappa shape index (κ1) is 13.8. The number of rotatable bonds is 6. The van der Waals surface area contributed by atoms with E-state index in [-0.39, 0.29) is 0 Å². The molecule has 0 saturated carbocycles. The van der Waals surface area contributed by atoms with Gasteiger partial charge in [-0.2, -0.15) is 0 Å². The van der Waals surface area contributed by atoms with Crippen LogP contribution >= 0.6 is 0 Å². The lowest BCUT2D eigenvalue weighted by Crippen LogP contribution is -2.18. The highest BCUT2D eigenvalue weighted by molar-refractivity contribution is 7.92. The minimum atomic E-state index is -3.25. The van der Waals surface area contributed by atoms with Gasteiger partial charge < -0.3 is 4.90 Å². The molecular formula is C11H19N3O2S. The van der Waals surface area contributed by atoms with Gasteiger partial charge in [0.05, 0.1) is 18.1 Å². The van der Waals surface area contributed by atoms with E-state index >= 15 is 0 Å². The average Bonchev–Trinajstić information content (AvgIpc) is 2.24. The monoisotopic (exact) mass is 257 g/mol. The van der Waals surface area contributed by atoms with Gasteiger partial charge in [0, 0.05) is 13.6 Å². The van der Waals surface area contributed by atoms with E-state index in [2.05, 4.69) is 21.5 Å². The summed E-state index contributed by atoms with van der Waals surface area (Å²) in [4.78, 5) is 6.16. The average molecular weight is 257 g/mol. The van der Waals surface area contributed by atoms with Crippen molar-refractivity contribution in [2.75, 3.05) is 29.5 Å². The summed E-state index contributed by atoms with van der Waals surface area (Å²) >= 11 is 0. The number of nitrogens with one attached hydrogen (secondary N) is 1. The molecule has 0 amide bonds. The Kier molecular flexibility index (Phi) is 4.74. The van der Waals surface area contributed by atoms with Crippen LogP contribution in [0.25, 0.3) is 0 Å². The molecule has 1 N–H and O–H groups in total. The maximum absolute atomic E-state index is 11.0. The van der Waals surface area contributed by atoms with Crippen LogP contribution in [0.15, 0.2) is 18.3 Å². The second kappa shape index (κ2) is 5.86. The summed E-state index contributed by atoms with van der Waals surface area (Å²) in [6.07, 6.45) is 5.05. The van der Waals surface area contributed by atoms with Gasteiger partial charge in [-0.3, -0.25) is 4.72 Å². The smallest absolute Gasteiger partial charge is 0.230 e. The zero-order valence-electron chi connectivity index (χ0n) is 10.5. The minimum Gasteiger partial charge on any atom is -0.373 e. The molecule has 0 fully saturated rings. The molecule has 0 aromatic carbocycles. The molecule has 1 aromatic heterocycles. The Hall–Kier alpha value is -1.30. The second-order valence-electron chi connectivity index (χ2n) is 4.05. The highest BCUT2D eigenvalue weighted by atomic mass is 32.2. The molecular weight excluding hydrogens is 238 g/mol. The van der Waals surface area contributed by atoms with E-state index in [0.29, 0.717) is 5.82 Å². The van der Waals surface area contributed by atoms with Crippen LogP contribution in [-0.2, 0) is 10.0 Å². The van der Waals surface area contributed by atoms with E-state index < -0.39 is 10.0 Å². The number of hydrogen-bond acceptors (Lipinski definition) is 4. The van der Waals surface area contributed by atoms with E-state index in [1.54, 1.807) is 12.3 Å². The van der Waals surface area contributed by atoms with Crippen molar-refractivity contribution in [2.45, 2.75) is 19.8 Å². The quantitative estimate of drug-likeness (QED) is 0.842. The molecule has 0 aliphatic heterocycles. The summed E-state index contributed by atoms with van der Waals surface area (Å²) in [6, 6.07) is 3.52. The SMILES string of the molecule is CCCCN(C)c1ccc(NS(C)(=O)=O)nc1. The van der Waals surface area contributed by atoms with Crippen molar-refractivity contribution in [2.24, 2.45) is 0 Å². The molecule has 0 aliphatic rings. The summed E-state index contributed by atoms with van der Waals surface area (Å²) in [5.41, 5.74) is 0.984. The van der Waals surface area contributed by atoms with Crippen molar-refractivity contribution in [1.29, 1.82) is 0 Å². The molecule has 0 saturated heterocycles. The van der Waals surface area contributed by atoms with E-state index in [0.717, 1.165) is 31.3 Å². The first-order valence-electron chi connectivity index (χ1n) is 5.57. The van der Waals surface area contributed by atoms with Crippen LogP contribution in [0, 0.1) is 0 Å². The maximum atomic E-state index is 11.0. The van der Waals surface area contributed by atoms with Gasteiger partial charge in [-0.1, -0.05) is 13.3 Å². The fraction of sp³-hybridized carbons (Fsp3) is 0.545. The topological polar surface area (TPSA) is 62.3 Å². The van der Waals surface area contributed by atoms with Crippen molar-refractivity contribution < 1.29 is 8.42 Å². The molecule has 0 atom stereocenters. The van der Waals surface area contributed by atoms with E-state index in [4.69, 9.17) is 0 Å². The number of anilines is 2. The molecule has 96 valence electrons. The lowest BCUT2D eigenvalue weighted by molar-refractivity contribution is 0.606. The summed E-state index contributed by atoms with van der Waals surface area (Å²) in [6.45, 7) is 3.11. The number of sulfonamides is 1. The Morgan fingerprint density at radius 3 is 2.59 bits per heavy atom. The van der Waals surface area contributed by atoms with Crippen molar-refractivity contribution in [3.05, 3.63) is 18.3 Å². The zero-order valence-corrected chi connectivity index (χ0v) is 11.3. The van der Waals surface area contributed by atoms with E-state index in [1.165, 1.54) is 0 Å². The molecule has 1 rings (SSSR count). The van der Waals surface area contributed by atoms with Gasteiger partial charge in [0.25, 0.3) is 0 Å². The van der Waals surface area contributed by atoms with Crippen molar-refractivity contribution in [1.82, 2.24) is 4.98 Å². The second-order valence-corrected chi connectivity index (χ2v) is 5.80. The van der Waals surface area contributed by atoms with Gasteiger partial charge in [0.1, 0.15) is 5.82 Å². The largest absolute Gasteiger partial charge is 0.373 e. The summed E-state index contributed by atoms with van der Waals surface area (Å²) in [5, 5.41) is 0. The van der Waals surface area contributed by atoms with E-state index in [1.807, 2.05) is 13.1 Å². The van der Waals surface area contributed by atoms with E-state index in [9.17, 15) is 8.42 Å². The fourth-order valence-corrected chi connectivity index (χ4v) is 1.89. The number of unbranched alkanes of at least 4 members (excludes halogenated alkanes) is 1. The fourth-order valence-electron chi connectivity index (χ4n) is 1.39. The van der Waals surface area contributed by atoms with Gasteiger partial charge in [0.2, 0.25) is 10.0 Å². The lowest BCUT2D eigenvalue weighted by Gasteiger charge is -2.18. The highest BCUT2D eigenvalue weighted by Gasteiger charge is 2.04. The predicted molar refractivity (Wildman–Crippen MR) is 70.9 cm³/mol. The van der Waals surface area contributed by atoms with Crippen LogP contribution in [-0.4, -0.2) is 33.2 Å². The first-order valence-corrected chi connectivity index (χ1v) is 7.46. The number of nitrogens with zero attached hydrogens (tertiary/aromatic N) is 2. The molecule has 0 aliphatic carbocycles. The van der Waals surface area contributed by atoms with Gasteiger partial charge in [-0.05, 0) is 18.6 Å². The third-order valence-electron chi connectivity index (χ3n) is 2.33. The van der Waals surface area contributed by atoms with Crippen LogP contribution < -0.4 is 9.62 Å². The number of pyridine rings is 1. The number of hydrogen-bond donors (Lipinski definition) is 1. The van der Waals surface area contributed by atoms with Gasteiger partial charge >= 0.3 is 0 Å². The van der Waals surface area contributed by atoms with Gasteiger partial charge in [0.15, 0.2) is 0 Å². The third-order valence-corrected chi connectivity index (χ3v) is 2.91. The van der Waals surface area contributed by atoms with Crippen molar-refractivity contribution in [3.63, 3.8) is 0 Å². The molecule has 6 heteroatoms. The Morgan fingerprint density at radius 2 is 2.12 bits per heavy atom. The molecule has 1 heterocycles. The van der Waals surface area contributed by atoms with Gasteiger partial charge in [-0.25, -0.2) is 13.4 Å². The molecule has 0 spiro atoms. The highest BCUT2D eigenvalue weighted by Crippen LogP contribution is 2.14. The standard InChI is InChI=1S/C11H19N3O2S/c1-4-5-8-14(2)10-6-7-11(12-9-10)13-17(3,15)16/h6-7,9H,4-5,8H2,1-3H3,(H,12,13). The summed E-state index contributed by atoms with van der Waals surface area (Å²) in [7, 11) is -1.25. The number of aromatic nitrogens is 1. The lowest BCUT2D eigenvalue weighted by atomic mass is 10.3. The zero-order chi connectivity index (χ0) is 12.9. The van der Waals surface area contributed by atoms with Crippen LogP contribution in [0.2, 0.25) is 0 Å². The molecule has 17 heavy (non-hydrogen) atoms.